The maximum absolute atomic E-state index is 11.9. The number of hydrogen-bond acceptors (Lipinski definition) is 2. The van der Waals surface area contributed by atoms with E-state index in [-0.39, 0.29) is 17.4 Å². The minimum Gasteiger partial charge on any atom is -0.322 e. The van der Waals surface area contributed by atoms with Crippen LogP contribution in [0, 0.1) is 11.8 Å². The second-order valence-electron chi connectivity index (χ2n) is 5.98. The van der Waals surface area contributed by atoms with E-state index in [0.29, 0.717) is 6.54 Å². The van der Waals surface area contributed by atoms with Crippen LogP contribution in [0.25, 0.3) is 0 Å². The van der Waals surface area contributed by atoms with E-state index >= 15 is 0 Å². The fourth-order valence-corrected chi connectivity index (χ4v) is 2.33. The molecule has 1 unspecified atom stereocenters. The largest absolute Gasteiger partial charge is 0.322 e. The Hall–Kier alpha value is -1.76. The van der Waals surface area contributed by atoms with E-state index in [9.17, 15) is 4.79 Å². The highest BCUT2D eigenvalue weighted by Crippen LogP contribution is 2.29. The SMILES string of the molecule is CC#CC(=O)N1CCn2nc(C(C)(C)C)cc2C1C. The molecule has 0 spiro atoms. The van der Waals surface area contributed by atoms with Crippen molar-refractivity contribution in [3.63, 3.8) is 0 Å². The van der Waals surface area contributed by atoms with Crippen molar-refractivity contribution in [2.24, 2.45) is 0 Å². The highest BCUT2D eigenvalue weighted by molar-refractivity contribution is 5.93. The Morgan fingerprint density at radius 3 is 2.68 bits per heavy atom. The zero-order valence-electron chi connectivity index (χ0n) is 12.3. The predicted octanol–water partition coefficient (Wildman–Crippen LogP) is 2.11. The molecule has 0 fully saturated rings. The van der Waals surface area contributed by atoms with Crippen LogP contribution in [0.5, 0.6) is 0 Å². The molecule has 0 aliphatic carbocycles. The minimum absolute atomic E-state index is 0.0299. The molecule has 0 radical (unpaired) electrons. The first-order valence-electron chi connectivity index (χ1n) is 6.66. The first-order chi connectivity index (χ1) is 8.84. The van der Waals surface area contributed by atoms with Crippen molar-refractivity contribution >= 4 is 5.91 Å². The van der Waals surface area contributed by atoms with Crippen LogP contribution in [0.2, 0.25) is 0 Å². The number of carbonyl (C=O) groups is 1. The molecule has 1 aliphatic rings. The molecule has 0 N–H and O–H groups in total. The Morgan fingerprint density at radius 2 is 2.11 bits per heavy atom. The average Bonchev–Trinajstić information content (AvgIpc) is 2.74. The Balaban J connectivity index is 2.33. The van der Waals surface area contributed by atoms with Crippen LogP contribution >= 0.6 is 0 Å². The number of nitrogens with zero attached hydrogens (tertiary/aromatic N) is 3. The summed E-state index contributed by atoms with van der Waals surface area (Å²) in [6, 6.07) is 2.15. The quantitative estimate of drug-likeness (QED) is 0.669. The lowest BCUT2D eigenvalue weighted by molar-refractivity contribution is -0.128. The van der Waals surface area contributed by atoms with Crippen molar-refractivity contribution in [1.82, 2.24) is 14.7 Å². The topological polar surface area (TPSA) is 38.1 Å². The number of amides is 1. The summed E-state index contributed by atoms with van der Waals surface area (Å²) in [6.07, 6.45) is 0. The standard InChI is InChI=1S/C15H21N3O/c1-6-7-14(19)17-8-9-18-12(11(17)2)10-13(16-18)15(3,4)5/h10-11H,8-9H2,1-5H3. The van der Waals surface area contributed by atoms with Crippen molar-refractivity contribution in [2.75, 3.05) is 6.54 Å². The number of hydrogen-bond donors (Lipinski definition) is 0. The van der Waals surface area contributed by atoms with Crippen LogP contribution in [0.1, 0.15) is 52.0 Å². The maximum Gasteiger partial charge on any atom is 0.299 e. The minimum atomic E-state index is -0.0974. The molecule has 1 aliphatic heterocycles. The third-order valence-electron chi connectivity index (χ3n) is 3.52. The van der Waals surface area contributed by atoms with Crippen molar-refractivity contribution in [3.05, 3.63) is 17.5 Å². The molecular formula is C15H21N3O. The third kappa shape index (κ3) is 2.51. The van der Waals surface area contributed by atoms with Gasteiger partial charge in [0.25, 0.3) is 5.91 Å². The van der Waals surface area contributed by atoms with Gasteiger partial charge >= 0.3 is 0 Å². The molecule has 1 aromatic heterocycles. The average molecular weight is 259 g/mol. The van der Waals surface area contributed by atoms with E-state index in [1.54, 1.807) is 6.92 Å². The molecule has 0 saturated carbocycles. The Labute approximate surface area is 114 Å². The summed E-state index contributed by atoms with van der Waals surface area (Å²) in [5.41, 5.74) is 2.20. The smallest absolute Gasteiger partial charge is 0.299 e. The Morgan fingerprint density at radius 1 is 1.42 bits per heavy atom. The molecule has 0 saturated heterocycles. The molecule has 1 atom stereocenters. The van der Waals surface area contributed by atoms with E-state index in [2.05, 4.69) is 43.8 Å². The monoisotopic (exact) mass is 259 g/mol. The molecule has 102 valence electrons. The lowest BCUT2D eigenvalue weighted by Crippen LogP contribution is -2.40. The van der Waals surface area contributed by atoms with Crippen LogP contribution < -0.4 is 0 Å². The Kier molecular flexibility index (Phi) is 3.40. The first kappa shape index (κ1) is 13.7. The molecule has 1 amide bonds. The van der Waals surface area contributed by atoms with Gasteiger partial charge < -0.3 is 4.90 Å². The van der Waals surface area contributed by atoms with Gasteiger partial charge in [0.15, 0.2) is 0 Å². The molecule has 19 heavy (non-hydrogen) atoms. The van der Waals surface area contributed by atoms with Gasteiger partial charge in [-0.1, -0.05) is 26.7 Å². The van der Waals surface area contributed by atoms with Gasteiger partial charge in [0.1, 0.15) is 0 Å². The van der Waals surface area contributed by atoms with Gasteiger partial charge in [-0.3, -0.25) is 9.48 Å². The summed E-state index contributed by atoms with van der Waals surface area (Å²) in [4.78, 5) is 13.8. The van der Waals surface area contributed by atoms with Crippen molar-refractivity contribution in [1.29, 1.82) is 0 Å². The zero-order valence-corrected chi connectivity index (χ0v) is 12.3. The maximum atomic E-state index is 11.9. The predicted molar refractivity (Wildman–Crippen MR) is 74.5 cm³/mol. The highest BCUT2D eigenvalue weighted by atomic mass is 16.2. The van der Waals surface area contributed by atoms with Gasteiger partial charge in [-0.25, -0.2) is 0 Å². The van der Waals surface area contributed by atoms with E-state index < -0.39 is 0 Å². The van der Waals surface area contributed by atoms with E-state index in [0.717, 1.165) is 17.9 Å². The summed E-state index contributed by atoms with van der Waals surface area (Å²) in [5, 5.41) is 4.65. The van der Waals surface area contributed by atoms with Crippen molar-refractivity contribution in [3.8, 4) is 11.8 Å². The lowest BCUT2D eigenvalue weighted by Gasteiger charge is -2.32. The van der Waals surface area contributed by atoms with Gasteiger partial charge in [0.05, 0.1) is 24.0 Å². The van der Waals surface area contributed by atoms with Gasteiger partial charge in [-0.2, -0.15) is 5.10 Å². The lowest BCUT2D eigenvalue weighted by atomic mass is 9.92. The molecular weight excluding hydrogens is 238 g/mol. The van der Waals surface area contributed by atoms with Crippen LogP contribution in [0.3, 0.4) is 0 Å². The van der Waals surface area contributed by atoms with Crippen LogP contribution in [-0.4, -0.2) is 27.1 Å². The molecule has 2 heterocycles. The second kappa shape index (κ2) is 4.73. The van der Waals surface area contributed by atoms with Gasteiger partial charge in [0.2, 0.25) is 0 Å². The first-order valence-corrected chi connectivity index (χ1v) is 6.66. The van der Waals surface area contributed by atoms with Gasteiger partial charge in [0, 0.05) is 12.0 Å². The van der Waals surface area contributed by atoms with Gasteiger partial charge in [-0.15, -0.1) is 0 Å². The number of aromatic nitrogens is 2. The zero-order chi connectivity index (χ0) is 14.2. The number of carbonyl (C=O) groups excluding carboxylic acids is 1. The van der Waals surface area contributed by atoms with E-state index in [1.165, 1.54) is 0 Å². The highest BCUT2D eigenvalue weighted by Gasteiger charge is 2.30. The normalized spacial score (nSPS) is 18.6. The van der Waals surface area contributed by atoms with Crippen LogP contribution in [0.15, 0.2) is 6.07 Å². The van der Waals surface area contributed by atoms with Gasteiger partial charge in [-0.05, 0) is 25.8 Å². The van der Waals surface area contributed by atoms with E-state index in [4.69, 9.17) is 0 Å². The number of rotatable bonds is 0. The van der Waals surface area contributed by atoms with Crippen LogP contribution in [-0.2, 0) is 16.8 Å². The summed E-state index contributed by atoms with van der Waals surface area (Å²) in [7, 11) is 0. The second-order valence-corrected chi connectivity index (χ2v) is 5.98. The summed E-state index contributed by atoms with van der Waals surface area (Å²) in [6.45, 7) is 11.6. The summed E-state index contributed by atoms with van der Waals surface area (Å²) < 4.78 is 2.02. The van der Waals surface area contributed by atoms with Crippen molar-refractivity contribution in [2.45, 2.75) is 52.6 Å². The van der Waals surface area contributed by atoms with Crippen LogP contribution in [0.4, 0.5) is 0 Å². The third-order valence-corrected chi connectivity index (χ3v) is 3.52. The van der Waals surface area contributed by atoms with E-state index in [1.807, 2.05) is 16.5 Å². The molecule has 4 nitrogen and oxygen atoms in total. The summed E-state index contributed by atoms with van der Waals surface area (Å²) in [5.74, 6) is 5.20. The molecule has 0 aromatic carbocycles. The number of fused-ring (bicyclic) bond motifs is 1. The fourth-order valence-electron chi connectivity index (χ4n) is 2.33. The van der Waals surface area contributed by atoms with Crippen molar-refractivity contribution < 1.29 is 4.79 Å². The fraction of sp³-hybridized carbons (Fsp3) is 0.600. The summed E-state index contributed by atoms with van der Waals surface area (Å²) >= 11 is 0. The molecule has 2 rings (SSSR count). The molecule has 0 bridgehead atoms. The molecule has 1 aromatic rings. The molecule has 4 heteroatoms. The Bertz CT molecular complexity index is 554.